The summed E-state index contributed by atoms with van der Waals surface area (Å²) in [5, 5.41) is 3.01. The zero-order chi connectivity index (χ0) is 16.3. The molecule has 1 N–H and O–H groups in total. The zero-order valence-corrected chi connectivity index (χ0v) is 14.1. The van der Waals surface area contributed by atoms with Crippen molar-refractivity contribution < 1.29 is 17.6 Å². The van der Waals surface area contributed by atoms with E-state index in [0.29, 0.717) is 6.54 Å². The van der Waals surface area contributed by atoms with E-state index in [1.54, 1.807) is 18.1 Å². The van der Waals surface area contributed by atoms with Crippen molar-refractivity contribution >= 4 is 15.9 Å². The SMILES string of the molecule is CCN(C(=O)NC1CCCc2occc21)C(C)CS(C)(=O)=O. The summed E-state index contributed by atoms with van der Waals surface area (Å²) in [4.78, 5) is 14.1. The molecule has 1 heterocycles. The molecule has 0 radical (unpaired) electrons. The topological polar surface area (TPSA) is 79.6 Å². The molecule has 2 rings (SSSR count). The summed E-state index contributed by atoms with van der Waals surface area (Å²) in [6, 6.07) is 1.26. The number of nitrogens with one attached hydrogen (secondary N) is 1. The van der Waals surface area contributed by atoms with Crippen molar-refractivity contribution in [2.45, 2.75) is 45.2 Å². The number of carbonyl (C=O) groups excluding carboxylic acids is 1. The maximum absolute atomic E-state index is 12.5. The Morgan fingerprint density at radius 1 is 1.55 bits per heavy atom. The Hall–Kier alpha value is -1.50. The molecule has 2 amide bonds. The van der Waals surface area contributed by atoms with Crippen LogP contribution in [0.5, 0.6) is 0 Å². The Labute approximate surface area is 131 Å². The smallest absolute Gasteiger partial charge is 0.318 e. The van der Waals surface area contributed by atoms with Gasteiger partial charge in [0.1, 0.15) is 15.6 Å². The average molecular weight is 328 g/mol. The molecule has 1 aliphatic carbocycles. The lowest BCUT2D eigenvalue weighted by Gasteiger charge is -2.31. The molecule has 0 spiro atoms. The number of nitrogens with zero attached hydrogens (tertiary/aromatic N) is 1. The van der Waals surface area contributed by atoms with Crippen LogP contribution in [0.3, 0.4) is 0 Å². The first-order valence-corrected chi connectivity index (χ1v) is 9.69. The van der Waals surface area contributed by atoms with Crippen LogP contribution in [-0.2, 0) is 16.3 Å². The largest absolute Gasteiger partial charge is 0.469 e. The Balaban J connectivity index is 2.05. The molecule has 6 nitrogen and oxygen atoms in total. The minimum atomic E-state index is -3.12. The molecule has 124 valence electrons. The van der Waals surface area contributed by atoms with Gasteiger partial charge in [0.15, 0.2) is 0 Å². The maximum Gasteiger partial charge on any atom is 0.318 e. The van der Waals surface area contributed by atoms with Crippen molar-refractivity contribution in [2.24, 2.45) is 0 Å². The van der Waals surface area contributed by atoms with Crippen molar-refractivity contribution in [2.75, 3.05) is 18.6 Å². The predicted octanol–water partition coefficient (Wildman–Crippen LogP) is 2.12. The van der Waals surface area contributed by atoms with Crippen LogP contribution < -0.4 is 5.32 Å². The van der Waals surface area contributed by atoms with Gasteiger partial charge in [0, 0.05) is 30.8 Å². The highest BCUT2D eigenvalue weighted by molar-refractivity contribution is 7.90. The maximum atomic E-state index is 12.5. The highest BCUT2D eigenvalue weighted by Crippen LogP contribution is 2.30. The van der Waals surface area contributed by atoms with Gasteiger partial charge in [0.05, 0.1) is 18.1 Å². The monoisotopic (exact) mass is 328 g/mol. The summed E-state index contributed by atoms with van der Waals surface area (Å²) in [5.74, 6) is 0.902. The fraction of sp³-hybridized carbons (Fsp3) is 0.667. The third-order valence-corrected chi connectivity index (χ3v) is 5.12. The van der Waals surface area contributed by atoms with Gasteiger partial charge in [-0.15, -0.1) is 0 Å². The van der Waals surface area contributed by atoms with Gasteiger partial charge >= 0.3 is 6.03 Å². The summed E-state index contributed by atoms with van der Waals surface area (Å²) < 4.78 is 28.3. The van der Waals surface area contributed by atoms with E-state index in [-0.39, 0.29) is 23.9 Å². The number of sulfone groups is 1. The zero-order valence-electron chi connectivity index (χ0n) is 13.3. The van der Waals surface area contributed by atoms with Crippen LogP contribution in [-0.4, -0.2) is 43.9 Å². The molecule has 1 aromatic rings. The molecule has 2 unspecified atom stereocenters. The van der Waals surface area contributed by atoms with Crippen LogP contribution in [0.2, 0.25) is 0 Å². The first kappa shape index (κ1) is 16.9. The normalized spacial score (nSPS) is 19.3. The number of urea groups is 1. The van der Waals surface area contributed by atoms with Gasteiger partial charge in [-0.05, 0) is 32.8 Å². The van der Waals surface area contributed by atoms with Crippen LogP contribution in [0.15, 0.2) is 16.7 Å². The number of hydrogen-bond acceptors (Lipinski definition) is 4. The number of hydrogen-bond donors (Lipinski definition) is 1. The number of aryl methyl sites for hydroxylation is 1. The van der Waals surface area contributed by atoms with E-state index in [1.165, 1.54) is 6.26 Å². The first-order valence-electron chi connectivity index (χ1n) is 7.63. The van der Waals surface area contributed by atoms with Crippen molar-refractivity contribution in [1.82, 2.24) is 10.2 Å². The molecular weight excluding hydrogens is 304 g/mol. The van der Waals surface area contributed by atoms with E-state index < -0.39 is 9.84 Å². The number of amides is 2. The third kappa shape index (κ3) is 4.03. The summed E-state index contributed by atoms with van der Waals surface area (Å²) in [6.45, 7) is 4.07. The molecule has 0 aromatic carbocycles. The van der Waals surface area contributed by atoms with Crippen LogP contribution >= 0.6 is 0 Å². The highest BCUT2D eigenvalue weighted by Gasteiger charge is 2.28. The lowest BCUT2D eigenvalue weighted by atomic mass is 9.93. The van der Waals surface area contributed by atoms with Crippen LogP contribution in [0.4, 0.5) is 4.79 Å². The van der Waals surface area contributed by atoms with Gasteiger partial charge in [-0.1, -0.05) is 0 Å². The van der Waals surface area contributed by atoms with E-state index in [2.05, 4.69) is 5.32 Å². The fourth-order valence-corrected chi connectivity index (χ4v) is 4.11. The molecule has 22 heavy (non-hydrogen) atoms. The summed E-state index contributed by atoms with van der Waals surface area (Å²) in [7, 11) is -3.12. The lowest BCUT2D eigenvalue weighted by Crippen LogP contribution is -2.48. The minimum Gasteiger partial charge on any atom is -0.469 e. The van der Waals surface area contributed by atoms with E-state index in [4.69, 9.17) is 4.42 Å². The minimum absolute atomic E-state index is 0.0319. The van der Waals surface area contributed by atoms with E-state index >= 15 is 0 Å². The second-order valence-corrected chi connectivity index (χ2v) is 8.11. The molecular formula is C15H24N2O4S. The third-order valence-electron chi connectivity index (χ3n) is 4.03. The van der Waals surface area contributed by atoms with Crippen molar-refractivity contribution in [1.29, 1.82) is 0 Å². The first-order chi connectivity index (χ1) is 10.3. The van der Waals surface area contributed by atoms with Crippen molar-refractivity contribution in [3.8, 4) is 0 Å². The molecule has 1 aliphatic rings. The molecule has 0 bridgehead atoms. The summed E-state index contributed by atoms with van der Waals surface area (Å²) in [5.41, 5.74) is 1.03. The number of rotatable bonds is 5. The highest BCUT2D eigenvalue weighted by atomic mass is 32.2. The molecule has 2 atom stereocenters. The van der Waals surface area contributed by atoms with Gasteiger partial charge in [0.2, 0.25) is 0 Å². The van der Waals surface area contributed by atoms with Crippen molar-refractivity contribution in [3.63, 3.8) is 0 Å². The summed E-state index contributed by atoms with van der Waals surface area (Å²) >= 11 is 0. The molecule has 1 aromatic heterocycles. The Bertz CT molecular complexity index is 623. The lowest BCUT2D eigenvalue weighted by molar-refractivity contribution is 0.182. The van der Waals surface area contributed by atoms with Crippen LogP contribution in [0.1, 0.15) is 44.1 Å². The fourth-order valence-electron chi connectivity index (χ4n) is 3.05. The van der Waals surface area contributed by atoms with Crippen LogP contribution in [0.25, 0.3) is 0 Å². The van der Waals surface area contributed by atoms with Gasteiger partial charge in [-0.2, -0.15) is 0 Å². The van der Waals surface area contributed by atoms with E-state index in [0.717, 1.165) is 30.6 Å². The Morgan fingerprint density at radius 2 is 2.27 bits per heavy atom. The number of carbonyl (C=O) groups is 1. The molecule has 0 saturated heterocycles. The van der Waals surface area contributed by atoms with Crippen LogP contribution in [0, 0.1) is 0 Å². The average Bonchev–Trinajstić information content (AvgIpc) is 2.86. The number of fused-ring (bicyclic) bond motifs is 1. The quantitative estimate of drug-likeness (QED) is 0.898. The number of furan rings is 1. The molecule has 0 fully saturated rings. The Morgan fingerprint density at radius 3 is 2.91 bits per heavy atom. The molecule has 0 saturated carbocycles. The molecule has 7 heteroatoms. The second kappa shape index (κ2) is 6.73. The summed E-state index contributed by atoms with van der Waals surface area (Å²) in [6.07, 6.45) is 5.58. The predicted molar refractivity (Wildman–Crippen MR) is 84.5 cm³/mol. The van der Waals surface area contributed by atoms with E-state index in [9.17, 15) is 13.2 Å². The van der Waals surface area contributed by atoms with Gasteiger partial charge < -0.3 is 14.6 Å². The van der Waals surface area contributed by atoms with Gasteiger partial charge in [0.25, 0.3) is 0 Å². The Kier molecular flexibility index (Phi) is 5.16. The van der Waals surface area contributed by atoms with Gasteiger partial charge in [-0.3, -0.25) is 0 Å². The molecule has 0 aliphatic heterocycles. The second-order valence-electron chi connectivity index (χ2n) is 5.92. The van der Waals surface area contributed by atoms with E-state index in [1.807, 2.05) is 13.0 Å². The van der Waals surface area contributed by atoms with Gasteiger partial charge in [-0.25, -0.2) is 13.2 Å². The van der Waals surface area contributed by atoms with Crippen molar-refractivity contribution in [3.05, 3.63) is 23.7 Å². The standard InChI is InChI=1S/C15H24N2O4S/c1-4-17(11(2)10-22(3,19)20)15(18)16-13-6-5-7-14-12(13)8-9-21-14/h8-9,11,13H,4-7,10H2,1-3H3,(H,16,18).